The molecule has 1 aliphatic rings. The number of nitro groups is 1. The molecule has 0 radical (unpaired) electrons. The first-order valence-corrected chi connectivity index (χ1v) is 6.81. The van der Waals surface area contributed by atoms with Gasteiger partial charge in [-0.2, -0.15) is 0 Å². The molecule has 6 nitrogen and oxygen atoms in total. The van der Waals surface area contributed by atoms with Crippen LogP contribution in [0.4, 0.5) is 11.5 Å². The van der Waals surface area contributed by atoms with E-state index in [0.717, 1.165) is 19.5 Å². The van der Waals surface area contributed by atoms with Crippen molar-refractivity contribution in [2.24, 2.45) is 0 Å². The van der Waals surface area contributed by atoms with Crippen LogP contribution in [0.3, 0.4) is 0 Å². The summed E-state index contributed by atoms with van der Waals surface area (Å²) in [5.41, 5.74) is 1.93. The van der Waals surface area contributed by atoms with Gasteiger partial charge in [-0.05, 0) is 35.8 Å². The SMILES string of the molecule is Cc1c([N+](=O)[O-])cnc(NCC2=CCNCC2)c1Br. The number of halogens is 1. The van der Waals surface area contributed by atoms with Gasteiger partial charge in [-0.3, -0.25) is 10.1 Å². The Morgan fingerprint density at radius 3 is 3.05 bits per heavy atom. The zero-order valence-corrected chi connectivity index (χ0v) is 12.2. The zero-order valence-electron chi connectivity index (χ0n) is 10.6. The summed E-state index contributed by atoms with van der Waals surface area (Å²) in [4.78, 5) is 14.5. The molecule has 0 atom stereocenters. The summed E-state index contributed by atoms with van der Waals surface area (Å²) < 4.78 is 0.649. The highest BCUT2D eigenvalue weighted by molar-refractivity contribution is 9.10. The molecule has 7 heteroatoms. The van der Waals surface area contributed by atoms with Gasteiger partial charge in [-0.1, -0.05) is 11.6 Å². The number of nitrogens with zero attached hydrogens (tertiary/aromatic N) is 2. The van der Waals surface area contributed by atoms with Crippen molar-refractivity contribution in [3.8, 4) is 0 Å². The Kier molecular flexibility index (Phi) is 4.49. The van der Waals surface area contributed by atoms with Crippen molar-refractivity contribution in [2.75, 3.05) is 25.0 Å². The molecule has 0 amide bonds. The standard InChI is InChI=1S/C12H15BrN4O2/c1-8-10(17(18)19)7-16-12(11(8)13)15-6-9-2-4-14-5-3-9/h2,7,14H,3-6H2,1H3,(H,15,16). The Labute approximate surface area is 119 Å². The van der Waals surface area contributed by atoms with Gasteiger partial charge in [-0.25, -0.2) is 4.98 Å². The number of hydrogen-bond donors (Lipinski definition) is 2. The van der Waals surface area contributed by atoms with Crippen molar-refractivity contribution in [2.45, 2.75) is 13.3 Å². The molecular weight excluding hydrogens is 312 g/mol. The van der Waals surface area contributed by atoms with Gasteiger partial charge in [-0.15, -0.1) is 0 Å². The second kappa shape index (κ2) is 6.12. The van der Waals surface area contributed by atoms with E-state index in [1.54, 1.807) is 6.92 Å². The predicted octanol–water partition coefficient (Wildman–Crippen LogP) is 2.39. The number of anilines is 1. The maximum absolute atomic E-state index is 10.8. The van der Waals surface area contributed by atoms with Crippen LogP contribution < -0.4 is 10.6 Å². The summed E-state index contributed by atoms with van der Waals surface area (Å²) in [5, 5.41) is 17.3. The number of aromatic nitrogens is 1. The van der Waals surface area contributed by atoms with Crippen molar-refractivity contribution in [1.82, 2.24) is 10.3 Å². The number of hydrogen-bond acceptors (Lipinski definition) is 5. The van der Waals surface area contributed by atoms with Gasteiger partial charge < -0.3 is 10.6 Å². The Morgan fingerprint density at radius 1 is 1.63 bits per heavy atom. The van der Waals surface area contributed by atoms with E-state index in [4.69, 9.17) is 0 Å². The van der Waals surface area contributed by atoms with Gasteiger partial charge in [0.2, 0.25) is 0 Å². The second-order valence-corrected chi connectivity index (χ2v) is 5.15. The van der Waals surface area contributed by atoms with E-state index < -0.39 is 4.92 Å². The molecule has 0 fully saturated rings. The molecule has 0 bridgehead atoms. The van der Waals surface area contributed by atoms with Crippen molar-refractivity contribution in [3.05, 3.63) is 38.0 Å². The van der Waals surface area contributed by atoms with Crippen molar-refractivity contribution in [3.63, 3.8) is 0 Å². The monoisotopic (exact) mass is 326 g/mol. The van der Waals surface area contributed by atoms with Crippen molar-refractivity contribution >= 4 is 27.4 Å². The molecule has 102 valence electrons. The minimum Gasteiger partial charge on any atom is -0.365 e. The van der Waals surface area contributed by atoms with Gasteiger partial charge >= 0.3 is 0 Å². The van der Waals surface area contributed by atoms with Crippen LogP contribution in [-0.4, -0.2) is 29.5 Å². The highest BCUT2D eigenvalue weighted by Gasteiger charge is 2.17. The maximum Gasteiger partial charge on any atom is 0.291 e. The normalized spacial score (nSPS) is 14.9. The highest BCUT2D eigenvalue weighted by Crippen LogP contribution is 2.30. The fraction of sp³-hybridized carbons (Fsp3) is 0.417. The lowest BCUT2D eigenvalue weighted by molar-refractivity contribution is -0.385. The first kappa shape index (κ1) is 14.0. The van der Waals surface area contributed by atoms with Crippen LogP contribution in [0.2, 0.25) is 0 Å². The minimum atomic E-state index is -0.424. The van der Waals surface area contributed by atoms with Gasteiger partial charge in [0, 0.05) is 18.7 Å². The molecule has 2 rings (SSSR count). The molecular formula is C12H15BrN4O2. The molecule has 19 heavy (non-hydrogen) atoms. The average molecular weight is 327 g/mol. The first-order valence-electron chi connectivity index (χ1n) is 6.01. The summed E-state index contributed by atoms with van der Waals surface area (Å²) in [6.45, 7) is 4.30. The predicted molar refractivity (Wildman–Crippen MR) is 77.4 cm³/mol. The number of pyridine rings is 1. The second-order valence-electron chi connectivity index (χ2n) is 4.36. The lowest BCUT2D eigenvalue weighted by Crippen LogP contribution is -2.23. The topological polar surface area (TPSA) is 80.1 Å². The summed E-state index contributed by atoms with van der Waals surface area (Å²) in [5.74, 6) is 0.641. The van der Waals surface area contributed by atoms with E-state index in [9.17, 15) is 10.1 Å². The molecule has 1 aromatic heterocycles. The fourth-order valence-electron chi connectivity index (χ4n) is 1.90. The summed E-state index contributed by atoms with van der Waals surface area (Å²) in [6.07, 6.45) is 4.46. The summed E-state index contributed by atoms with van der Waals surface area (Å²) in [7, 11) is 0. The van der Waals surface area contributed by atoms with E-state index in [0.29, 0.717) is 22.4 Å². The Morgan fingerprint density at radius 2 is 2.42 bits per heavy atom. The van der Waals surface area contributed by atoms with Crippen molar-refractivity contribution < 1.29 is 4.92 Å². The Balaban J connectivity index is 2.11. The number of rotatable bonds is 4. The van der Waals surface area contributed by atoms with Crippen LogP contribution in [0.25, 0.3) is 0 Å². The number of nitrogens with one attached hydrogen (secondary N) is 2. The highest BCUT2D eigenvalue weighted by atomic mass is 79.9. The third-order valence-corrected chi connectivity index (χ3v) is 4.05. The van der Waals surface area contributed by atoms with Gasteiger partial charge in [0.15, 0.2) is 0 Å². The van der Waals surface area contributed by atoms with Crippen molar-refractivity contribution in [1.29, 1.82) is 0 Å². The van der Waals surface area contributed by atoms with Crippen LogP contribution >= 0.6 is 15.9 Å². The van der Waals surface area contributed by atoms with Crippen LogP contribution in [0.5, 0.6) is 0 Å². The van der Waals surface area contributed by atoms with E-state index in [-0.39, 0.29) is 5.69 Å². The molecule has 0 aliphatic carbocycles. The first-order chi connectivity index (χ1) is 9.09. The largest absolute Gasteiger partial charge is 0.365 e. The third-order valence-electron chi connectivity index (χ3n) is 3.07. The summed E-state index contributed by atoms with van der Waals surface area (Å²) in [6, 6.07) is 0. The molecule has 2 N–H and O–H groups in total. The zero-order chi connectivity index (χ0) is 13.8. The smallest absolute Gasteiger partial charge is 0.291 e. The van der Waals surface area contributed by atoms with Gasteiger partial charge in [0.1, 0.15) is 12.0 Å². The molecule has 1 aromatic rings. The van der Waals surface area contributed by atoms with E-state index >= 15 is 0 Å². The Hall–Kier alpha value is -1.47. The Bertz CT molecular complexity index is 531. The fourth-order valence-corrected chi connectivity index (χ4v) is 2.35. The summed E-state index contributed by atoms with van der Waals surface area (Å²) >= 11 is 3.36. The van der Waals surface area contributed by atoms with Gasteiger partial charge in [0.25, 0.3) is 5.69 Å². The molecule has 0 saturated heterocycles. The maximum atomic E-state index is 10.8. The van der Waals surface area contributed by atoms with Crippen LogP contribution in [0.1, 0.15) is 12.0 Å². The van der Waals surface area contributed by atoms with E-state index in [1.807, 2.05) is 0 Å². The molecule has 2 heterocycles. The molecule has 0 aromatic carbocycles. The van der Waals surface area contributed by atoms with Gasteiger partial charge in [0.05, 0.1) is 9.40 Å². The van der Waals surface area contributed by atoms with Crippen LogP contribution in [0.15, 0.2) is 22.3 Å². The average Bonchev–Trinajstić information content (AvgIpc) is 2.41. The molecule has 0 saturated carbocycles. The lowest BCUT2D eigenvalue weighted by Gasteiger charge is -2.15. The minimum absolute atomic E-state index is 0.0264. The lowest BCUT2D eigenvalue weighted by atomic mass is 10.1. The van der Waals surface area contributed by atoms with E-state index in [1.165, 1.54) is 11.8 Å². The third kappa shape index (κ3) is 3.30. The molecule has 0 spiro atoms. The van der Waals surface area contributed by atoms with Crippen LogP contribution in [-0.2, 0) is 0 Å². The quantitative estimate of drug-likeness (QED) is 0.504. The molecule has 0 unspecified atom stereocenters. The molecule has 1 aliphatic heterocycles. The van der Waals surface area contributed by atoms with Crippen LogP contribution in [0, 0.1) is 17.0 Å². The van der Waals surface area contributed by atoms with E-state index in [2.05, 4.69) is 37.6 Å².